The van der Waals surface area contributed by atoms with Gasteiger partial charge in [-0.3, -0.25) is 0 Å². The van der Waals surface area contributed by atoms with Crippen molar-refractivity contribution in [3.8, 4) is 5.75 Å². The molecule has 3 heterocycles. The van der Waals surface area contributed by atoms with Crippen LogP contribution in [0.4, 0.5) is 9.93 Å². The van der Waals surface area contributed by atoms with Crippen molar-refractivity contribution in [2.45, 2.75) is 57.7 Å². The van der Waals surface area contributed by atoms with Crippen molar-refractivity contribution < 1.29 is 14.3 Å². The van der Waals surface area contributed by atoms with Crippen molar-refractivity contribution >= 4 is 32.8 Å². The number of anilines is 1. The molecule has 2 aromatic rings. The van der Waals surface area contributed by atoms with Gasteiger partial charge in [-0.1, -0.05) is 16.5 Å². The second-order valence-corrected chi connectivity index (χ2v) is 10.7. The minimum absolute atomic E-state index is 0.0769. The first-order valence-electron chi connectivity index (χ1n) is 10.6. The number of amides is 1. The summed E-state index contributed by atoms with van der Waals surface area (Å²) in [6, 6.07) is 3.59. The molecule has 1 amide bonds. The van der Waals surface area contributed by atoms with Crippen molar-refractivity contribution in [2.24, 2.45) is 10.5 Å². The van der Waals surface area contributed by atoms with Gasteiger partial charge in [0.05, 0.1) is 22.9 Å². The number of benzene rings is 1. The zero-order valence-corrected chi connectivity index (χ0v) is 18.7. The van der Waals surface area contributed by atoms with Gasteiger partial charge in [0, 0.05) is 41.4 Å². The number of aromatic nitrogens is 1. The number of carbonyl (C=O) groups is 1. The van der Waals surface area contributed by atoms with Crippen molar-refractivity contribution in [1.29, 1.82) is 0 Å². The third-order valence-electron chi connectivity index (χ3n) is 6.21. The molecule has 1 aromatic heterocycles. The molecule has 3 aliphatic rings. The summed E-state index contributed by atoms with van der Waals surface area (Å²) < 4.78 is 12.4. The number of carbonyl (C=O) groups excluding carboxylic acids is 1. The van der Waals surface area contributed by atoms with Gasteiger partial charge in [0.25, 0.3) is 0 Å². The normalized spacial score (nSPS) is 23.8. The Morgan fingerprint density at radius 1 is 1.45 bits per heavy atom. The Hall–Kier alpha value is -2.71. The number of rotatable bonds is 3. The van der Waals surface area contributed by atoms with E-state index < -0.39 is 11.6 Å². The number of nitrogens with zero attached hydrogens (tertiary/aromatic N) is 5. The van der Waals surface area contributed by atoms with E-state index in [1.165, 1.54) is 0 Å². The van der Waals surface area contributed by atoms with Crippen molar-refractivity contribution in [1.82, 2.24) is 9.88 Å². The third-order valence-corrected chi connectivity index (χ3v) is 7.16. The van der Waals surface area contributed by atoms with Gasteiger partial charge in [-0.2, -0.15) is 0 Å². The lowest BCUT2D eigenvalue weighted by molar-refractivity contribution is 0.0109. The van der Waals surface area contributed by atoms with Gasteiger partial charge in [-0.05, 0) is 51.3 Å². The summed E-state index contributed by atoms with van der Waals surface area (Å²) in [6.07, 6.45) is 2.45. The van der Waals surface area contributed by atoms with Gasteiger partial charge in [0.15, 0.2) is 5.13 Å². The Kier molecular flexibility index (Phi) is 4.67. The average molecular weight is 443 g/mol. The molecule has 2 atom stereocenters. The summed E-state index contributed by atoms with van der Waals surface area (Å²) in [7, 11) is 0. The number of nitrogens with one attached hydrogen (secondary N) is 1. The highest BCUT2D eigenvalue weighted by atomic mass is 32.1. The van der Waals surface area contributed by atoms with E-state index in [2.05, 4.69) is 15.3 Å². The molecular weight excluding hydrogens is 416 g/mol. The predicted octanol–water partition coefficient (Wildman–Crippen LogP) is 4.72. The van der Waals surface area contributed by atoms with E-state index in [4.69, 9.17) is 14.5 Å². The van der Waals surface area contributed by atoms with E-state index in [-0.39, 0.29) is 17.6 Å². The molecule has 0 bridgehead atoms. The SMILES string of the molecule is CC(C)(C)OC(=O)N1CC(N=[N+]=[N-])[C@H](Nc2nc3c4c(ccc3s2)OCC4)C2(CC2)C1. The van der Waals surface area contributed by atoms with Crippen LogP contribution in [0.5, 0.6) is 5.75 Å². The smallest absolute Gasteiger partial charge is 0.410 e. The van der Waals surface area contributed by atoms with Gasteiger partial charge < -0.3 is 19.7 Å². The molecule has 31 heavy (non-hydrogen) atoms. The highest BCUT2D eigenvalue weighted by Crippen LogP contribution is 2.54. The van der Waals surface area contributed by atoms with Crippen LogP contribution in [0.2, 0.25) is 0 Å². The third kappa shape index (κ3) is 3.74. The summed E-state index contributed by atoms with van der Waals surface area (Å²) in [6.45, 7) is 7.17. The maximum atomic E-state index is 12.7. The van der Waals surface area contributed by atoms with E-state index in [0.29, 0.717) is 19.7 Å². The largest absolute Gasteiger partial charge is 0.493 e. The van der Waals surface area contributed by atoms with E-state index in [1.807, 2.05) is 32.9 Å². The highest BCUT2D eigenvalue weighted by molar-refractivity contribution is 7.22. The Morgan fingerprint density at radius 3 is 2.97 bits per heavy atom. The molecule has 1 saturated heterocycles. The minimum Gasteiger partial charge on any atom is -0.493 e. The summed E-state index contributed by atoms with van der Waals surface area (Å²) in [5.41, 5.74) is 10.6. The number of ether oxygens (including phenoxy) is 2. The summed E-state index contributed by atoms with van der Waals surface area (Å²) in [4.78, 5) is 22.3. The zero-order valence-electron chi connectivity index (χ0n) is 17.9. The Labute approximate surface area is 184 Å². The molecule has 9 nitrogen and oxygen atoms in total. The van der Waals surface area contributed by atoms with Crippen LogP contribution >= 0.6 is 11.3 Å². The first-order chi connectivity index (χ1) is 14.8. The fraction of sp³-hybridized carbons (Fsp3) is 0.619. The summed E-state index contributed by atoms with van der Waals surface area (Å²) in [5.74, 6) is 0.917. The summed E-state index contributed by atoms with van der Waals surface area (Å²) >= 11 is 1.60. The van der Waals surface area contributed by atoms with Crippen LogP contribution in [0.15, 0.2) is 17.2 Å². The topological polar surface area (TPSA) is 112 Å². The van der Waals surface area contributed by atoms with Crippen molar-refractivity contribution in [3.63, 3.8) is 0 Å². The number of piperidine rings is 1. The molecule has 1 aliphatic carbocycles. The predicted molar refractivity (Wildman–Crippen MR) is 119 cm³/mol. The van der Waals surface area contributed by atoms with Gasteiger partial charge in [0.1, 0.15) is 11.4 Å². The van der Waals surface area contributed by atoms with E-state index in [0.717, 1.165) is 45.9 Å². The number of hydrogen-bond acceptors (Lipinski definition) is 7. The molecule has 5 rings (SSSR count). The Balaban J connectivity index is 1.41. The van der Waals surface area contributed by atoms with Crippen LogP contribution < -0.4 is 10.1 Å². The monoisotopic (exact) mass is 442 g/mol. The van der Waals surface area contributed by atoms with Crippen LogP contribution in [-0.4, -0.2) is 53.4 Å². The molecule has 1 aromatic carbocycles. The van der Waals surface area contributed by atoms with E-state index >= 15 is 0 Å². The molecule has 1 N–H and O–H groups in total. The molecule has 1 unspecified atom stereocenters. The lowest BCUT2D eigenvalue weighted by Crippen LogP contribution is -2.58. The first kappa shape index (κ1) is 20.2. The minimum atomic E-state index is -0.568. The molecular formula is C21H26N6O3S. The fourth-order valence-electron chi connectivity index (χ4n) is 4.66. The van der Waals surface area contributed by atoms with Crippen molar-refractivity contribution in [2.75, 3.05) is 25.0 Å². The number of thiazole rings is 1. The molecule has 10 heteroatoms. The Morgan fingerprint density at radius 2 is 2.26 bits per heavy atom. The van der Waals surface area contributed by atoms with Crippen LogP contribution in [0, 0.1) is 5.41 Å². The molecule has 1 saturated carbocycles. The molecule has 2 fully saturated rings. The average Bonchev–Trinajstić information content (AvgIpc) is 3.12. The van der Waals surface area contributed by atoms with Crippen molar-refractivity contribution in [3.05, 3.63) is 28.1 Å². The van der Waals surface area contributed by atoms with E-state index in [1.54, 1.807) is 16.2 Å². The van der Waals surface area contributed by atoms with E-state index in [9.17, 15) is 10.3 Å². The van der Waals surface area contributed by atoms with Crippen LogP contribution in [0.3, 0.4) is 0 Å². The maximum absolute atomic E-state index is 12.7. The lowest BCUT2D eigenvalue weighted by Gasteiger charge is -2.43. The van der Waals surface area contributed by atoms with Crippen LogP contribution in [-0.2, 0) is 11.2 Å². The number of fused-ring (bicyclic) bond motifs is 3. The first-order valence-corrected chi connectivity index (χ1v) is 11.4. The summed E-state index contributed by atoms with van der Waals surface area (Å²) in [5, 5.41) is 8.46. The number of likely N-dealkylation sites (tertiary alicyclic amines) is 1. The van der Waals surface area contributed by atoms with Gasteiger partial charge in [0.2, 0.25) is 0 Å². The van der Waals surface area contributed by atoms with Gasteiger partial charge in [-0.15, -0.1) is 0 Å². The fourth-order valence-corrected chi connectivity index (χ4v) is 5.59. The van der Waals surface area contributed by atoms with Crippen LogP contribution in [0.25, 0.3) is 20.7 Å². The molecule has 1 spiro atoms. The zero-order chi connectivity index (χ0) is 21.8. The van der Waals surface area contributed by atoms with Gasteiger partial charge >= 0.3 is 6.09 Å². The Bertz CT molecular complexity index is 1080. The second-order valence-electron chi connectivity index (χ2n) is 9.62. The molecule has 2 aliphatic heterocycles. The lowest BCUT2D eigenvalue weighted by atomic mass is 9.86. The number of hydrogen-bond donors (Lipinski definition) is 1. The van der Waals surface area contributed by atoms with Gasteiger partial charge in [-0.25, -0.2) is 9.78 Å². The quantitative estimate of drug-likeness (QED) is 0.420. The second kappa shape index (κ2) is 7.17. The molecule has 0 radical (unpaired) electrons. The van der Waals surface area contributed by atoms with Crippen LogP contribution in [0.1, 0.15) is 39.2 Å². The number of azide groups is 1. The highest BCUT2D eigenvalue weighted by Gasteiger charge is 2.57. The standard InChI is InChI=1S/C21H26N6O3S/c1-20(2,3)30-19(28)27-10-13(25-26-22)17(21(11-27)7-8-21)24-18-23-16-12-6-9-29-14(12)4-5-15(16)31-18/h4-5,13,17H,6-11H2,1-3H3,(H,23,24)/t13?,17-/m0/s1. The maximum Gasteiger partial charge on any atom is 0.410 e. The molecule has 164 valence electrons.